The van der Waals surface area contributed by atoms with Crippen LogP contribution in [-0.4, -0.2) is 40.9 Å². The van der Waals surface area contributed by atoms with Gasteiger partial charge in [-0.1, -0.05) is 0 Å². The number of nitrogens with one attached hydrogen (secondary N) is 1. The molecule has 3 rings (SSSR count). The Balaban J connectivity index is 2.11. The number of nitrogens with zero attached hydrogens (tertiary/aromatic N) is 5. The van der Waals surface area contributed by atoms with Crippen molar-refractivity contribution >= 4 is 11.2 Å². The molecule has 0 aliphatic carbocycles. The summed E-state index contributed by atoms with van der Waals surface area (Å²) >= 11 is 0. The predicted octanol–water partition coefficient (Wildman–Crippen LogP) is 2.47. The van der Waals surface area contributed by atoms with Crippen molar-refractivity contribution < 1.29 is 9.47 Å². The lowest BCUT2D eigenvalue weighted by atomic mass is 10.1. The molecule has 3 aromatic heterocycles. The third-order valence-electron chi connectivity index (χ3n) is 3.45. The van der Waals surface area contributed by atoms with Gasteiger partial charge in [0.1, 0.15) is 16.9 Å². The number of ether oxygens (including phenoxy) is 2. The second-order valence-corrected chi connectivity index (χ2v) is 8.26. The highest BCUT2D eigenvalue weighted by atomic mass is 16.5. The van der Waals surface area contributed by atoms with Crippen LogP contribution in [0.5, 0.6) is 11.9 Å². The normalized spacial score (nSPS) is 12.4. The van der Waals surface area contributed by atoms with Gasteiger partial charge in [0.05, 0.1) is 11.1 Å². The van der Waals surface area contributed by atoms with Crippen LogP contribution in [0.3, 0.4) is 0 Å². The number of hydrogen-bond acceptors (Lipinski definition) is 7. The summed E-state index contributed by atoms with van der Waals surface area (Å²) in [6.45, 7) is 11.5. The molecule has 0 amide bonds. The minimum absolute atomic E-state index is 0.215. The summed E-state index contributed by atoms with van der Waals surface area (Å²) in [5, 5.41) is 8.35. The molecule has 9 nitrogen and oxygen atoms in total. The van der Waals surface area contributed by atoms with E-state index in [4.69, 9.17) is 9.47 Å². The fourth-order valence-electron chi connectivity index (χ4n) is 2.37. The maximum atomic E-state index is 11.8. The van der Waals surface area contributed by atoms with E-state index in [-0.39, 0.29) is 11.7 Å². The van der Waals surface area contributed by atoms with Gasteiger partial charge in [-0.25, -0.2) is 9.78 Å². The fraction of sp³-hybridized carbons (Fsp3) is 0.500. The van der Waals surface area contributed by atoms with Crippen LogP contribution < -0.4 is 15.2 Å². The summed E-state index contributed by atoms with van der Waals surface area (Å²) in [6, 6.07) is 1.94. The molecule has 0 aliphatic heterocycles. The molecule has 3 aromatic rings. The summed E-state index contributed by atoms with van der Waals surface area (Å²) in [4.78, 5) is 23.2. The zero-order chi connectivity index (χ0) is 20.0. The number of H-pyrrole nitrogens is 1. The highest BCUT2D eigenvalue weighted by molar-refractivity contribution is 5.76. The minimum Gasteiger partial charge on any atom is -0.471 e. The van der Waals surface area contributed by atoms with Crippen LogP contribution in [0.1, 0.15) is 41.5 Å². The van der Waals surface area contributed by atoms with Gasteiger partial charge in [-0.05, 0) is 47.6 Å². The van der Waals surface area contributed by atoms with Gasteiger partial charge in [0.15, 0.2) is 5.65 Å². The Morgan fingerprint density at radius 3 is 2.33 bits per heavy atom. The number of aromatic amines is 1. The summed E-state index contributed by atoms with van der Waals surface area (Å²) in [5.41, 5.74) is 0.910. The molecule has 0 saturated carbocycles. The van der Waals surface area contributed by atoms with E-state index in [2.05, 4.69) is 25.1 Å². The van der Waals surface area contributed by atoms with Crippen molar-refractivity contribution in [2.45, 2.75) is 52.7 Å². The van der Waals surface area contributed by atoms with Gasteiger partial charge in [-0.2, -0.15) is 4.98 Å². The van der Waals surface area contributed by atoms with E-state index in [0.717, 1.165) is 0 Å². The Morgan fingerprint density at radius 2 is 1.70 bits per heavy atom. The monoisotopic (exact) mass is 372 g/mol. The summed E-state index contributed by atoms with van der Waals surface area (Å²) in [7, 11) is 1.63. The molecular formula is C18H24N6O3. The molecule has 0 saturated heterocycles. The van der Waals surface area contributed by atoms with E-state index in [9.17, 15) is 4.79 Å². The van der Waals surface area contributed by atoms with Crippen LogP contribution in [0.25, 0.3) is 22.4 Å². The lowest BCUT2D eigenvalue weighted by molar-refractivity contribution is 0.103. The smallest absolute Gasteiger partial charge is 0.327 e. The zero-order valence-corrected chi connectivity index (χ0v) is 16.6. The van der Waals surface area contributed by atoms with Crippen molar-refractivity contribution in [1.29, 1.82) is 0 Å². The van der Waals surface area contributed by atoms with Gasteiger partial charge in [0.2, 0.25) is 5.88 Å². The SMILES string of the molecule is Cn1c(=O)[nH]c2cc(-c3cnc(OC(C)(C)C)nc3OC(C)(C)C)nnc21. The fourth-order valence-corrected chi connectivity index (χ4v) is 2.37. The third kappa shape index (κ3) is 4.24. The van der Waals surface area contributed by atoms with Gasteiger partial charge >= 0.3 is 11.7 Å². The average Bonchev–Trinajstić information content (AvgIpc) is 2.78. The first-order chi connectivity index (χ1) is 12.4. The first-order valence-corrected chi connectivity index (χ1v) is 8.61. The zero-order valence-electron chi connectivity index (χ0n) is 16.6. The molecule has 0 fully saturated rings. The summed E-state index contributed by atoms with van der Waals surface area (Å²) in [5.74, 6) is 0.337. The molecule has 0 aromatic carbocycles. The van der Waals surface area contributed by atoms with Gasteiger partial charge in [0.25, 0.3) is 0 Å². The summed E-state index contributed by atoms with van der Waals surface area (Å²) in [6.07, 6.45) is 1.59. The summed E-state index contributed by atoms with van der Waals surface area (Å²) < 4.78 is 13.2. The predicted molar refractivity (Wildman–Crippen MR) is 101 cm³/mol. The molecule has 9 heteroatoms. The Hall–Kier alpha value is -2.97. The lowest BCUT2D eigenvalue weighted by Crippen LogP contribution is -2.26. The molecule has 3 heterocycles. The number of hydrogen-bond donors (Lipinski definition) is 1. The molecule has 27 heavy (non-hydrogen) atoms. The molecule has 0 radical (unpaired) electrons. The number of fused-ring (bicyclic) bond motifs is 1. The van der Waals surface area contributed by atoms with Crippen molar-refractivity contribution in [1.82, 2.24) is 29.7 Å². The maximum absolute atomic E-state index is 11.8. The molecule has 0 atom stereocenters. The van der Waals surface area contributed by atoms with Crippen LogP contribution >= 0.6 is 0 Å². The third-order valence-corrected chi connectivity index (χ3v) is 3.45. The molecule has 0 unspecified atom stereocenters. The van der Waals surface area contributed by atoms with E-state index in [0.29, 0.717) is 28.3 Å². The van der Waals surface area contributed by atoms with E-state index in [1.54, 1.807) is 19.3 Å². The van der Waals surface area contributed by atoms with Crippen molar-refractivity contribution in [3.8, 4) is 23.1 Å². The van der Waals surface area contributed by atoms with E-state index >= 15 is 0 Å². The van der Waals surface area contributed by atoms with Gasteiger partial charge in [-0.15, -0.1) is 10.2 Å². The number of aryl methyl sites for hydroxylation is 1. The van der Waals surface area contributed by atoms with Crippen molar-refractivity contribution in [2.24, 2.45) is 7.05 Å². The Morgan fingerprint density at radius 1 is 1.04 bits per heavy atom. The van der Waals surface area contributed by atoms with Crippen molar-refractivity contribution in [3.63, 3.8) is 0 Å². The first-order valence-electron chi connectivity index (χ1n) is 8.61. The van der Waals surface area contributed by atoms with Gasteiger partial charge in [0, 0.05) is 13.2 Å². The minimum atomic E-state index is -0.485. The average molecular weight is 372 g/mol. The van der Waals surface area contributed by atoms with E-state index in [1.165, 1.54) is 4.57 Å². The van der Waals surface area contributed by atoms with Crippen molar-refractivity contribution in [2.75, 3.05) is 0 Å². The molecule has 0 aliphatic rings. The first kappa shape index (κ1) is 18.8. The second-order valence-electron chi connectivity index (χ2n) is 8.26. The quantitative estimate of drug-likeness (QED) is 0.752. The standard InChI is InChI=1S/C18H24N6O3/c1-17(2,3)26-14-10(9-19-15(21-14)27-18(4,5)6)11-8-12-13(23-22-11)24(7)16(25)20-12/h8-9H,1-7H3,(H,20,25). The molecule has 144 valence electrons. The molecule has 1 N–H and O–H groups in total. The second kappa shape index (κ2) is 6.33. The topological polar surface area (TPSA) is 108 Å². The number of imidazole rings is 1. The highest BCUT2D eigenvalue weighted by Gasteiger charge is 2.22. The van der Waals surface area contributed by atoms with Crippen LogP contribution in [0.4, 0.5) is 0 Å². The molecule has 0 spiro atoms. The number of rotatable bonds is 3. The van der Waals surface area contributed by atoms with Crippen LogP contribution in [-0.2, 0) is 7.05 Å². The Bertz CT molecular complexity index is 1040. The van der Waals surface area contributed by atoms with Crippen LogP contribution in [0.15, 0.2) is 17.1 Å². The maximum Gasteiger partial charge on any atom is 0.327 e. The van der Waals surface area contributed by atoms with Crippen molar-refractivity contribution in [3.05, 3.63) is 22.7 Å². The van der Waals surface area contributed by atoms with Gasteiger partial charge in [-0.3, -0.25) is 4.57 Å². The number of aromatic nitrogens is 6. The van der Waals surface area contributed by atoms with Crippen LogP contribution in [0.2, 0.25) is 0 Å². The molecule has 0 bridgehead atoms. The largest absolute Gasteiger partial charge is 0.471 e. The highest BCUT2D eigenvalue weighted by Crippen LogP contribution is 2.31. The Labute approximate surface area is 156 Å². The van der Waals surface area contributed by atoms with Crippen LogP contribution in [0, 0.1) is 0 Å². The lowest BCUT2D eigenvalue weighted by Gasteiger charge is -2.24. The van der Waals surface area contributed by atoms with Gasteiger partial charge < -0.3 is 14.5 Å². The molecular weight excluding hydrogens is 348 g/mol. The van der Waals surface area contributed by atoms with E-state index < -0.39 is 11.2 Å². The Kier molecular flexibility index (Phi) is 4.41. The van der Waals surface area contributed by atoms with E-state index in [1.807, 2.05) is 41.5 Å².